The Morgan fingerprint density at radius 2 is 1.94 bits per heavy atom. The molecule has 1 atom stereocenters. The van der Waals surface area contributed by atoms with Gasteiger partial charge in [0, 0.05) is 34.3 Å². The molecule has 1 aliphatic rings. The maximum Gasteiger partial charge on any atom is 0.227 e. The Bertz CT molecular complexity index is 1550. The predicted octanol–water partition coefficient (Wildman–Crippen LogP) is 6.01. The molecule has 1 unspecified atom stereocenters. The van der Waals surface area contributed by atoms with Crippen LogP contribution in [0.25, 0.3) is 27.6 Å². The van der Waals surface area contributed by atoms with E-state index in [9.17, 15) is 4.79 Å². The average Bonchev–Trinajstić information content (AvgIpc) is 3.58. The van der Waals surface area contributed by atoms with Gasteiger partial charge in [0.05, 0.1) is 24.0 Å². The number of furan rings is 1. The summed E-state index contributed by atoms with van der Waals surface area (Å²) < 4.78 is 8.79. The number of carbonyl (C=O) groups excluding carboxylic acids is 1. The summed E-state index contributed by atoms with van der Waals surface area (Å²) >= 11 is 3.51. The van der Waals surface area contributed by atoms with E-state index in [1.807, 2.05) is 58.2 Å². The lowest BCUT2D eigenvalue weighted by atomic mass is 10.1. The molecule has 0 bridgehead atoms. The molecular weight excluding hydrogens is 504 g/mol. The maximum atomic E-state index is 13.3. The number of nitrogens with zero attached hydrogens (tertiary/aromatic N) is 4. The number of carbonyl (C=O) groups is 1. The van der Waals surface area contributed by atoms with Crippen molar-refractivity contribution < 1.29 is 9.21 Å². The van der Waals surface area contributed by atoms with Crippen molar-refractivity contribution in [2.45, 2.75) is 38.6 Å². The molecule has 1 aliphatic heterocycles. The Labute approximate surface area is 211 Å². The highest BCUT2D eigenvalue weighted by molar-refractivity contribution is 9.10. The van der Waals surface area contributed by atoms with Crippen LogP contribution in [0, 0.1) is 6.92 Å². The number of para-hydroxylation sites is 1. The molecule has 0 N–H and O–H groups in total. The molecule has 176 valence electrons. The zero-order valence-corrected chi connectivity index (χ0v) is 21.0. The second kappa shape index (κ2) is 8.96. The van der Waals surface area contributed by atoms with Crippen LogP contribution in [0.1, 0.15) is 29.7 Å². The molecule has 3 heterocycles. The molecule has 35 heavy (non-hydrogen) atoms. The van der Waals surface area contributed by atoms with Crippen LogP contribution in [-0.2, 0) is 17.6 Å². The Hall–Kier alpha value is -3.45. The first kappa shape index (κ1) is 22.0. The fraction of sp³-hybridized carbons (Fsp3) is 0.250. The number of aromatic nitrogens is 3. The predicted molar refractivity (Wildman–Crippen MR) is 140 cm³/mol. The highest BCUT2D eigenvalue weighted by atomic mass is 79.9. The van der Waals surface area contributed by atoms with Crippen LogP contribution in [-0.4, -0.2) is 38.4 Å². The van der Waals surface area contributed by atoms with Gasteiger partial charge in [-0.1, -0.05) is 45.4 Å². The lowest BCUT2D eigenvalue weighted by Gasteiger charge is -2.24. The van der Waals surface area contributed by atoms with Gasteiger partial charge in [-0.15, -0.1) is 5.10 Å². The third kappa shape index (κ3) is 4.25. The maximum absolute atomic E-state index is 13.3. The van der Waals surface area contributed by atoms with E-state index < -0.39 is 0 Å². The van der Waals surface area contributed by atoms with E-state index >= 15 is 0 Å². The first-order valence-electron chi connectivity index (χ1n) is 11.9. The van der Waals surface area contributed by atoms with E-state index in [1.54, 1.807) is 0 Å². The van der Waals surface area contributed by atoms with Crippen LogP contribution in [0.15, 0.2) is 75.8 Å². The van der Waals surface area contributed by atoms with Crippen molar-refractivity contribution in [2.75, 3.05) is 6.54 Å². The zero-order chi connectivity index (χ0) is 23.9. The number of amides is 1. The molecule has 1 fully saturated rings. The first-order valence-corrected chi connectivity index (χ1v) is 12.7. The Morgan fingerprint density at radius 3 is 2.83 bits per heavy atom. The van der Waals surface area contributed by atoms with Gasteiger partial charge < -0.3 is 9.32 Å². The molecule has 0 spiro atoms. The summed E-state index contributed by atoms with van der Waals surface area (Å²) in [5, 5.41) is 10.9. The van der Waals surface area contributed by atoms with E-state index in [4.69, 9.17) is 4.42 Å². The van der Waals surface area contributed by atoms with Gasteiger partial charge in [-0.3, -0.25) is 4.79 Å². The van der Waals surface area contributed by atoms with Crippen LogP contribution in [0.2, 0.25) is 0 Å². The molecule has 0 radical (unpaired) electrons. The Balaban J connectivity index is 1.18. The summed E-state index contributed by atoms with van der Waals surface area (Å²) in [5.74, 6) is 0.163. The normalized spacial score (nSPS) is 15.9. The van der Waals surface area contributed by atoms with Crippen molar-refractivity contribution in [2.24, 2.45) is 0 Å². The van der Waals surface area contributed by atoms with Gasteiger partial charge in [-0.2, -0.15) is 0 Å². The standard InChI is InChI=1S/C28H25BrN4O2/c1-18-13-20(29)9-10-25(18)33-17-21(30-31-33)16-22-5-4-12-32(22)28(34)15-19-8-11-27-24(14-19)23-6-2-3-7-26(23)35-27/h2-3,6-11,13-14,17,22H,4-5,12,15-16H2,1H3. The minimum absolute atomic E-state index is 0.150. The highest BCUT2D eigenvalue weighted by Gasteiger charge is 2.29. The zero-order valence-electron chi connectivity index (χ0n) is 19.4. The lowest BCUT2D eigenvalue weighted by molar-refractivity contribution is -0.131. The molecule has 5 aromatic rings. The average molecular weight is 529 g/mol. The van der Waals surface area contributed by atoms with E-state index in [-0.39, 0.29) is 11.9 Å². The molecule has 1 amide bonds. The lowest BCUT2D eigenvalue weighted by Crippen LogP contribution is -2.37. The highest BCUT2D eigenvalue weighted by Crippen LogP contribution is 2.30. The molecule has 0 saturated carbocycles. The van der Waals surface area contributed by atoms with Gasteiger partial charge in [-0.05, 0) is 67.3 Å². The molecule has 6 rings (SSSR count). The number of likely N-dealkylation sites (tertiary alicyclic amines) is 1. The minimum atomic E-state index is 0.150. The van der Waals surface area contributed by atoms with Crippen LogP contribution in [0.5, 0.6) is 0 Å². The molecule has 3 aromatic carbocycles. The summed E-state index contributed by atoms with van der Waals surface area (Å²) in [6.07, 6.45) is 5.09. The molecule has 2 aromatic heterocycles. The molecule has 0 aliphatic carbocycles. The van der Waals surface area contributed by atoms with Crippen molar-refractivity contribution in [1.29, 1.82) is 0 Å². The number of hydrogen-bond donors (Lipinski definition) is 0. The van der Waals surface area contributed by atoms with Gasteiger partial charge >= 0.3 is 0 Å². The van der Waals surface area contributed by atoms with Crippen LogP contribution in [0.3, 0.4) is 0 Å². The fourth-order valence-electron chi connectivity index (χ4n) is 5.16. The molecule has 1 saturated heterocycles. The van der Waals surface area contributed by atoms with Crippen molar-refractivity contribution in [3.05, 3.63) is 88.2 Å². The second-order valence-electron chi connectivity index (χ2n) is 9.28. The monoisotopic (exact) mass is 528 g/mol. The van der Waals surface area contributed by atoms with Gasteiger partial charge in [0.15, 0.2) is 0 Å². The van der Waals surface area contributed by atoms with E-state index in [0.717, 1.165) is 68.3 Å². The van der Waals surface area contributed by atoms with Crippen molar-refractivity contribution >= 4 is 43.8 Å². The van der Waals surface area contributed by atoms with Crippen molar-refractivity contribution in [3.8, 4) is 5.69 Å². The van der Waals surface area contributed by atoms with Gasteiger partial charge in [0.2, 0.25) is 5.91 Å². The first-order chi connectivity index (χ1) is 17.0. The topological polar surface area (TPSA) is 64.2 Å². The van der Waals surface area contributed by atoms with Gasteiger partial charge in [-0.25, -0.2) is 4.68 Å². The van der Waals surface area contributed by atoms with E-state index in [1.165, 1.54) is 0 Å². The summed E-state index contributed by atoms with van der Waals surface area (Å²) in [6.45, 7) is 2.85. The fourth-order valence-corrected chi connectivity index (χ4v) is 5.64. The SMILES string of the molecule is Cc1cc(Br)ccc1-n1cc(CC2CCCN2C(=O)Cc2ccc3oc4ccccc4c3c2)nn1. The number of benzene rings is 3. The van der Waals surface area contributed by atoms with E-state index in [0.29, 0.717) is 12.8 Å². The summed E-state index contributed by atoms with van der Waals surface area (Å²) in [4.78, 5) is 15.3. The second-order valence-corrected chi connectivity index (χ2v) is 10.2. The van der Waals surface area contributed by atoms with Crippen molar-refractivity contribution in [1.82, 2.24) is 19.9 Å². The summed E-state index contributed by atoms with van der Waals surface area (Å²) in [7, 11) is 0. The third-order valence-corrected chi connectivity index (χ3v) is 7.38. The minimum Gasteiger partial charge on any atom is -0.456 e. The number of rotatable bonds is 5. The third-order valence-electron chi connectivity index (χ3n) is 6.89. The molecule has 7 heteroatoms. The number of hydrogen-bond acceptors (Lipinski definition) is 4. The molecule has 6 nitrogen and oxygen atoms in total. The number of aryl methyl sites for hydroxylation is 1. The smallest absolute Gasteiger partial charge is 0.227 e. The number of fused-ring (bicyclic) bond motifs is 3. The van der Waals surface area contributed by atoms with Crippen LogP contribution < -0.4 is 0 Å². The quantitative estimate of drug-likeness (QED) is 0.280. The summed E-state index contributed by atoms with van der Waals surface area (Å²) in [6, 6.07) is 20.3. The van der Waals surface area contributed by atoms with Gasteiger partial charge in [0.1, 0.15) is 11.2 Å². The van der Waals surface area contributed by atoms with E-state index in [2.05, 4.69) is 51.4 Å². The Morgan fingerprint density at radius 1 is 1.09 bits per heavy atom. The summed E-state index contributed by atoms with van der Waals surface area (Å²) in [5.41, 5.74) is 5.77. The Kier molecular flexibility index (Phi) is 5.65. The van der Waals surface area contributed by atoms with Crippen LogP contribution in [0.4, 0.5) is 0 Å². The van der Waals surface area contributed by atoms with Crippen molar-refractivity contribution in [3.63, 3.8) is 0 Å². The van der Waals surface area contributed by atoms with Crippen LogP contribution >= 0.6 is 15.9 Å². The molecular formula is C28H25BrN4O2. The van der Waals surface area contributed by atoms with Gasteiger partial charge in [0.25, 0.3) is 0 Å². The largest absolute Gasteiger partial charge is 0.456 e. The number of halogens is 1.